The number of furan rings is 1. The molecule has 1 heterocycles. The summed E-state index contributed by atoms with van der Waals surface area (Å²) in [6.07, 6.45) is -0.141. The van der Waals surface area contributed by atoms with Gasteiger partial charge < -0.3 is 28.1 Å². The molecule has 4 rings (SSSR count). The summed E-state index contributed by atoms with van der Waals surface area (Å²) in [5.41, 5.74) is 3.25. The van der Waals surface area contributed by atoms with Gasteiger partial charge in [-0.3, -0.25) is 0 Å². The second-order valence-corrected chi connectivity index (χ2v) is 8.14. The molecule has 0 aliphatic carbocycles. The summed E-state index contributed by atoms with van der Waals surface area (Å²) < 4.78 is 33.9. The molecule has 0 aliphatic heterocycles. The molecule has 0 unspecified atom stereocenters. The van der Waals surface area contributed by atoms with E-state index in [1.165, 1.54) is 7.11 Å². The minimum absolute atomic E-state index is 0.141. The molecular weight excluding hydrogens is 448 g/mol. The summed E-state index contributed by atoms with van der Waals surface area (Å²) in [6, 6.07) is 16.5. The standard InChI is InChI=1S/C28H28O7/c1-16(2)34-23-13-19(28(29)33-6)14-24-26(23)25(18-11-21(31-4)15-22(12-18)32-5)27(35-24)17-7-9-20(30-3)10-8-17/h7-16H,1-6H3. The molecule has 0 bridgehead atoms. The van der Waals surface area contributed by atoms with Gasteiger partial charge in [-0.05, 0) is 67.9 Å². The molecule has 4 aromatic rings. The summed E-state index contributed by atoms with van der Waals surface area (Å²) in [7, 11) is 6.17. The van der Waals surface area contributed by atoms with Gasteiger partial charge in [-0.15, -0.1) is 0 Å². The Morgan fingerprint density at radius 1 is 0.771 bits per heavy atom. The summed E-state index contributed by atoms with van der Waals surface area (Å²) in [5, 5.41) is 0.729. The molecule has 0 spiro atoms. The van der Waals surface area contributed by atoms with Crippen LogP contribution in [-0.2, 0) is 4.74 Å². The average Bonchev–Trinajstić information content (AvgIpc) is 3.27. The first-order chi connectivity index (χ1) is 16.9. The molecule has 0 radical (unpaired) electrons. The van der Waals surface area contributed by atoms with E-state index >= 15 is 0 Å². The van der Waals surface area contributed by atoms with E-state index in [9.17, 15) is 4.79 Å². The lowest BCUT2D eigenvalue weighted by Crippen LogP contribution is -2.08. The zero-order chi connectivity index (χ0) is 25.1. The van der Waals surface area contributed by atoms with Crippen molar-refractivity contribution in [3.8, 4) is 45.4 Å². The first-order valence-corrected chi connectivity index (χ1v) is 11.1. The molecule has 7 nitrogen and oxygen atoms in total. The van der Waals surface area contributed by atoms with E-state index in [1.807, 2.05) is 50.2 Å². The molecule has 0 amide bonds. The highest BCUT2D eigenvalue weighted by Crippen LogP contribution is 2.47. The second-order valence-electron chi connectivity index (χ2n) is 8.14. The fourth-order valence-corrected chi connectivity index (χ4v) is 3.95. The normalized spacial score (nSPS) is 10.9. The third-order valence-corrected chi connectivity index (χ3v) is 5.53. The summed E-state index contributed by atoms with van der Waals surface area (Å²) in [5.74, 6) is 2.63. The minimum Gasteiger partial charge on any atom is -0.497 e. The Morgan fingerprint density at radius 3 is 1.94 bits per heavy atom. The Balaban J connectivity index is 2.10. The molecule has 0 N–H and O–H groups in total. The first kappa shape index (κ1) is 24.0. The highest BCUT2D eigenvalue weighted by atomic mass is 16.5. The van der Waals surface area contributed by atoms with Crippen LogP contribution in [0.15, 0.2) is 59.0 Å². The molecule has 3 aromatic carbocycles. The van der Waals surface area contributed by atoms with Crippen LogP contribution >= 0.6 is 0 Å². The molecule has 0 atom stereocenters. The van der Waals surface area contributed by atoms with Crippen LogP contribution in [0.3, 0.4) is 0 Å². The molecule has 0 saturated heterocycles. The van der Waals surface area contributed by atoms with E-state index in [1.54, 1.807) is 39.5 Å². The van der Waals surface area contributed by atoms with Crippen molar-refractivity contribution >= 4 is 16.9 Å². The maximum absolute atomic E-state index is 12.4. The Labute approximate surface area is 204 Å². The van der Waals surface area contributed by atoms with Gasteiger partial charge in [0.25, 0.3) is 0 Å². The minimum atomic E-state index is -0.479. The molecule has 35 heavy (non-hydrogen) atoms. The number of fused-ring (bicyclic) bond motifs is 1. The maximum Gasteiger partial charge on any atom is 0.338 e. The Kier molecular flexibility index (Phi) is 6.87. The van der Waals surface area contributed by atoms with Crippen molar-refractivity contribution in [1.82, 2.24) is 0 Å². The molecular formula is C28H28O7. The van der Waals surface area contributed by atoms with Crippen molar-refractivity contribution in [2.24, 2.45) is 0 Å². The highest BCUT2D eigenvalue weighted by Gasteiger charge is 2.25. The molecule has 0 aliphatic rings. The van der Waals surface area contributed by atoms with Crippen LogP contribution in [0.5, 0.6) is 23.0 Å². The molecule has 0 fully saturated rings. The zero-order valence-corrected chi connectivity index (χ0v) is 20.6. The third kappa shape index (κ3) is 4.75. The quantitative estimate of drug-likeness (QED) is 0.274. The largest absolute Gasteiger partial charge is 0.497 e. The van der Waals surface area contributed by atoms with Crippen molar-refractivity contribution in [1.29, 1.82) is 0 Å². The van der Waals surface area contributed by atoms with Crippen molar-refractivity contribution in [2.75, 3.05) is 28.4 Å². The number of hydrogen-bond acceptors (Lipinski definition) is 7. The second kappa shape index (κ2) is 10.0. The zero-order valence-electron chi connectivity index (χ0n) is 20.6. The van der Waals surface area contributed by atoms with Gasteiger partial charge >= 0.3 is 5.97 Å². The van der Waals surface area contributed by atoms with E-state index in [0.29, 0.717) is 34.2 Å². The Morgan fingerprint density at radius 2 is 1.40 bits per heavy atom. The highest BCUT2D eigenvalue weighted by molar-refractivity contribution is 6.08. The molecule has 7 heteroatoms. The van der Waals surface area contributed by atoms with Gasteiger partial charge in [-0.25, -0.2) is 4.79 Å². The van der Waals surface area contributed by atoms with E-state index in [4.69, 9.17) is 28.1 Å². The number of carbonyl (C=O) groups excluding carboxylic acids is 1. The Bertz CT molecular complexity index is 1330. The van der Waals surface area contributed by atoms with Gasteiger partial charge in [0.05, 0.1) is 45.5 Å². The number of methoxy groups -OCH3 is 4. The smallest absolute Gasteiger partial charge is 0.338 e. The van der Waals surface area contributed by atoms with Gasteiger partial charge in [0, 0.05) is 17.2 Å². The van der Waals surface area contributed by atoms with Crippen LogP contribution in [-0.4, -0.2) is 40.5 Å². The molecule has 0 saturated carbocycles. The predicted molar refractivity (Wildman–Crippen MR) is 134 cm³/mol. The van der Waals surface area contributed by atoms with Crippen LogP contribution in [0.4, 0.5) is 0 Å². The average molecular weight is 477 g/mol. The lowest BCUT2D eigenvalue weighted by atomic mass is 9.96. The maximum atomic E-state index is 12.4. The number of esters is 1. The number of ether oxygens (including phenoxy) is 5. The van der Waals surface area contributed by atoms with E-state index in [-0.39, 0.29) is 6.10 Å². The van der Waals surface area contributed by atoms with Crippen LogP contribution in [0.1, 0.15) is 24.2 Å². The van der Waals surface area contributed by atoms with Gasteiger partial charge in [0.2, 0.25) is 0 Å². The molecule has 1 aromatic heterocycles. The lowest BCUT2D eigenvalue weighted by molar-refractivity contribution is 0.0600. The van der Waals surface area contributed by atoms with Gasteiger partial charge in [0.15, 0.2) is 0 Å². The van der Waals surface area contributed by atoms with E-state index in [0.717, 1.165) is 27.8 Å². The fraction of sp³-hybridized carbons (Fsp3) is 0.250. The van der Waals surface area contributed by atoms with Gasteiger partial charge in [0.1, 0.15) is 34.3 Å². The number of hydrogen-bond donors (Lipinski definition) is 0. The first-order valence-electron chi connectivity index (χ1n) is 11.1. The SMILES string of the molecule is COC(=O)c1cc(OC(C)C)c2c(-c3cc(OC)cc(OC)c3)c(-c3ccc(OC)cc3)oc2c1. The fourth-order valence-electron chi connectivity index (χ4n) is 3.95. The van der Waals surface area contributed by atoms with Gasteiger partial charge in [-0.2, -0.15) is 0 Å². The van der Waals surface area contributed by atoms with Crippen LogP contribution in [0.25, 0.3) is 33.4 Å². The number of carbonyl (C=O) groups is 1. The Hall–Kier alpha value is -4.13. The number of benzene rings is 3. The van der Waals surface area contributed by atoms with E-state index in [2.05, 4.69) is 0 Å². The predicted octanol–water partition coefficient (Wildman–Crippen LogP) is 6.37. The van der Waals surface area contributed by atoms with Crippen molar-refractivity contribution in [2.45, 2.75) is 20.0 Å². The van der Waals surface area contributed by atoms with Crippen LogP contribution < -0.4 is 18.9 Å². The van der Waals surface area contributed by atoms with Gasteiger partial charge in [-0.1, -0.05) is 0 Å². The van der Waals surface area contributed by atoms with Crippen LogP contribution in [0, 0.1) is 0 Å². The van der Waals surface area contributed by atoms with Crippen molar-refractivity contribution in [3.05, 3.63) is 60.2 Å². The van der Waals surface area contributed by atoms with Crippen molar-refractivity contribution < 1.29 is 32.9 Å². The monoisotopic (exact) mass is 476 g/mol. The summed E-state index contributed by atoms with van der Waals surface area (Å²) in [6.45, 7) is 3.85. The number of rotatable bonds is 8. The topological polar surface area (TPSA) is 76.4 Å². The lowest BCUT2D eigenvalue weighted by Gasteiger charge is -2.14. The summed E-state index contributed by atoms with van der Waals surface area (Å²) in [4.78, 5) is 12.4. The molecule has 182 valence electrons. The third-order valence-electron chi connectivity index (χ3n) is 5.53. The van der Waals surface area contributed by atoms with E-state index < -0.39 is 5.97 Å². The van der Waals surface area contributed by atoms with Crippen molar-refractivity contribution in [3.63, 3.8) is 0 Å². The van der Waals surface area contributed by atoms with Crippen LogP contribution in [0.2, 0.25) is 0 Å². The summed E-state index contributed by atoms with van der Waals surface area (Å²) >= 11 is 0.